The van der Waals surface area contributed by atoms with Crippen molar-refractivity contribution in [3.63, 3.8) is 0 Å². The van der Waals surface area contributed by atoms with E-state index in [1.165, 1.54) is 0 Å². The number of carboxylic acid groups (broad SMARTS) is 1. The summed E-state index contributed by atoms with van der Waals surface area (Å²) in [5.41, 5.74) is 4.86. The Kier molecular flexibility index (Phi) is 2.91. The Morgan fingerprint density at radius 2 is 2.30 bits per heavy atom. The van der Waals surface area contributed by atoms with E-state index in [1.54, 1.807) is 6.92 Å². The molecule has 0 radical (unpaired) electrons. The molecule has 0 aromatic rings. The third kappa shape index (κ3) is 3.93. The van der Waals surface area contributed by atoms with Gasteiger partial charge in [0.2, 0.25) is 0 Å². The van der Waals surface area contributed by atoms with E-state index in [9.17, 15) is 4.79 Å². The van der Waals surface area contributed by atoms with E-state index in [1.807, 2.05) is 12.8 Å². The molecule has 0 fully saturated rings. The molecule has 0 aromatic heterocycles. The predicted octanol–water partition coefficient (Wildman–Crippen LogP) is 0.202. The SMILES string of the molecule is CCC(C)(N)C#CC(=O)O. The Morgan fingerprint density at radius 3 is 2.60 bits per heavy atom. The van der Waals surface area contributed by atoms with Crippen LogP contribution in [0.1, 0.15) is 20.3 Å². The van der Waals surface area contributed by atoms with Gasteiger partial charge in [-0.25, -0.2) is 4.79 Å². The molecular formula is C7H11NO2. The molecule has 0 spiro atoms. The molecule has 0 saturated heterocycles. The van der Waals surface area contributed by atoms with Gasteiger partial charge >= 0.3 is 5.97 Å². The van der Waals surface area contributed by atoms with Crippen molar-refractivity contribution in [2.45, 2.75) is 25.8 Å². The smallest absolute Gasteiger partial charge is 0.381 e. The van der Waals surface area contributed by atoms with Crippen molar-refractivity contribution >= 4 is 5.97 Å². The van der Waals surface area contributed by atoms with Gasteiger partial charge in [0.15, 0.2) is 0 Å². The third-order valence-corrected chi connectivity index (χ3v) is 1.19. The van der Waals surface area contributed by atoms with Crippen molar-refractivity contribution in [3.8, 4) is 11.8 Å². The van der Waals surface area contributed by atoms with Crippen molar-refractivity contribution < 1.29 is 9.90 Å². The zero-order valence-corrected chi connectivity index (χ0v) is 6.14. The topological polar surface area (TPSA) is 63.3 Å². The van der Waals surface area contributed by atoms with Crippen LogP contribution >= 0.6 is 0 Å². The average molecular weight is 141 g/mol. The Labute approximate surface area is 60.2 Å². The second-order valence-electron chi connectivity index (χ2n) is 2.33. The number of aliphatic carboxylic acids is 1. The highest BCUT2D eigenvalue weighted by molar-refractivity contribution is 5.86. The lowest BCUT2D eigenvalue weighted by atomic mass is 10.0. The summed E-state index contributed by atoms with van der Waals surface area (Å²) in [5.74, 6) is 3.28. The summed E-state index contributed by atoms with van der Waals surface area (Å²) in [6.45, 7) is 3.56. The number of carbonyl (C=O) groups is 1. The van der Waals surface area contributed by atoms with E-state index >= 15 is 0 Å². The number of nitrogens with two attached hydrogens (primary N) is 1. The summed E-state index contributed by atoms with van der Waals surface area (Å²) in [6, 6.07) is 0. The second kappa shape index (κ2) is 3.23. The van der Waals surface area contributed by atoms with Crippen LogP contribution in [0.3, 0.4) is 0 Å². The average Bonchev–Trinajstić information content (AvgIpc) is 1.85. The molecule has 10 heavy (non-hydrogen) atoms. The Morgan fingerprint density at radius 1 is 1.80 bits per heavy atom. The van der Waals surface area contributed by atoms with Crippen LogP contribution in [0.2, 0.25) is 0 Å². The van der Waals surface area contributed by atoms with Gasteiger partial charge in [-0.05, 0) is 13.3 Å². The molecule has 0 rings (SSSR count). The number of carboxylic acids is 1. The van der Waals surface area contributed by atoms with Crippen LogP contribution in [-0.4, -0.2) is 16.6 Å². The number of hydrogen-bond acceptors (Lipinski definition) is 2. The summed E-state index contributed by atoms with van der Waals surface area (Å²) in [6.07, 6.45) is 0.646. The van der Waals surface area contributed by atoms with Gasteiger partial charge in [0, 0.05) is 5.92 Å². The first-order chi connectivity index (χ1) is 4.48. The molecule has 56 valence electrons. The fourth-order valence-corrected chi connectivity index (χ4v) is 0.285. The van der Waals surface area contributed by atoms with Crippen LogP contribution in [0.15, 0.2) is 0 Å². The predicted molar refractivity (Wildman–Crippen MR) is 38.3 cm³/mol. The minimum absolute atomic E-state index is 0.646. The summed E-state index contributed by atoms with van der Waals surface area (Å²) in [7, 11) is 0. The van der Waals surface area contributed by atoms with Gasteiger partial charge in [-0.1, -0.05) is 12.8 Å². The Bertz CT molecular complexity index is 186. The lowest BCUT2D eigenvalue weighted by molar-refractivity contribution is -0.130. The van der Waals surface area contributed by atoms with E-state index in [2.05, 4.69) is 5.92 Å². The van der Waals surface area contributed by atoms with E-state index < -0.39 is 11.5 Å². The molecule has 0 aliphatic rings. The van der Waals surface area contributed by atoms with Gasteiger partial charge in [0.25, 0.3) is 0 Å². The van der Waals surface area contributed by atoms with Gasteiger partial charge in [0.05, 0.1) is 5.54 Å². The first-order valence-electron chi connectivity index (χ1n) is 3.03. The minimum Gasteiger partial charge on any atom is -0.472 e. The highest BCUT2D eigenvalue weighted by Crippen LogP contribution is 2.00. The van der Waals surface area contributed by atoms with Crippen molar-refractivity contribution in [1.29, 1.82) is 0 Å². The molecule has 1 atom stereocenters. The van der Waals surface area contributed by atoms with Gasteiger partial charge < -0.3 is 10.8 Å². The molecule has 3 N–H and O–H groups in total. The Hall–Kier alpha value is -1.01. The fraction of sp³-hybridized carbons (Fsp3) is 0.571. The fourth-order valence-electron chi connectivity index (χ4n) is 0.285. The highest BCUT2D eigenvalue weighted by atomic mass is 16.4. The molecule has 0 aromatic carbocycles. The molecule has 0 aliphatic heterocycles. The molecule has 0 amide bonds. The molecule has 0 heterocycles. The van der Waals surface area contributed by atoms with Crippen molar-refractivity contribution in [3.05, 3.63) is 0 Å². The molecule has 0 aliphatic carbocycles. The third-order valence-electron chi connectivity index (χ3n) is 1.19. The van der Waals surface area contributed by atoms with Gasteiger partial charge in [0.1, 0.15) is 0 Å². The molecule has 3 heteroatoms. The number of hydrogen-bond donors (Lipinski definition) is 2. The van der Waals surface area contributed by atoms with Crippen LogP contribution in [0.25, 0.3) is 0 Å². The summed E-state index contributed by atoms with van der Waals surface area (Å²) in [4.78, 5) is 9.93. The lowest BCUT2D eigenvalue weighted by Crippen LogP contribution is -2.33. The van der Waals surface area contributed by atoms with Crippen LogP contribution in [0, 0.1) is 11.8 Å². The van der Waals surface area contributed by atoms with Crippen molar-refractivity contribution in [2.24, 2.45) is 5.73 Å². The standard InChI is InChI=1S/C7H11NO2/c1-3-7(2,8)5-4-6(9)10/h3,8H2,1-2H3,(H,9,10). The van der Waals surface area contributed by atoms with Gasteiger partial charge in [-0.2, -0.15) is 0 Å². The van der Waals surface area contributed by atoms with Crippen molar-refractivity contribution in [1.82, 2.24) is 0 Å². The molecule has 0 bridgehead atoms. The minimum atomic E-state index is -1.13. The monoisotopic (exact) mass is 141 g/mol. The zero-order valence-electron chi connectivity index (χ0n) is 6.14. The van der Waals surface area contributed by atoms with Crippen LogP contribution in [-0.2, 0) is 4.79 Å². The Balaban J connectivity index is 4.15. The largest absolute Gasteiger partial charge is 0.472 e. The van der Waals surface area contributed by atoms with Crippen molar-refractivity contribution in [2.75, 3.05) is 0 Å². The maximum Gasteiger partial charge on any atom is 0.381 e. The van der Waals surface area contributed by atoms with E-state index in [0.29, 0.717) is 6.42 Å². The normalized spacial score (nSPS) is 14.7. The van der Waals surface area contributed by atoms with Crippen LogP contribution in [0.4, 0.5) is 0 Å². The summed E-state index contributed by atoms with van der Waals surface area (Å²) >= 11 is 0. The first-order valence-corrected chi connectivity index (χ1v) is 3.03. The lowest BCUT2D eigenvalue weighted by Gasteiger charge is -2.12. The quantitative estimate of drug-likeness (QED) is 0.513. The maximum absolute atomic E-state index is 9.93. The molecular weight excluding hydrogens is 130 g/mol. The van der Waals surface area contributed by atoms with Gasteiger partial charge in [-0.3, -0.25) is 0 Å². The molecule has 3 nitrogen and oxygen atoms in total. The molecule has 1 unspecified atom stereocenters. The number of rotatable bonds is 1. The van der Waals surface area contributed by atoms with E-state index in [4.69, 9.17) is 10.8 Å². The highest BCUT2D eigenvalue weighted by Gasteiger charge is 2.10. The van der Waals surface area contributed by atoms with Crippen LogP contribution < -0.4 is 5.73 Å². The summed E-state index contributed by atoms with van der Waals surface area (Å²) in [5, 5.41) is 8.14. The maximum atomic E-state index is 9.93. The van der Waals surface area contributed by atoms with E-state index in [0.717, 1.165) is 0 Å². The zero-order chi connectivity index (χ0) is 8.20. The van der Waals surface area contributed by atoms with Gasteiger partial charge in [-0.15, -0.1) is 0 Å². The first kappa shape index (κ1) is 8.99. The van der Waals surface area contributed by atoms with Crippen LogP contribution in [0.5, 0.6) is 0 Å². The summed E-state index contributed by atoms with van der Waals surface area (Å²) < 4.78 is 0. The second-order valence-corrected chi connectivity index (χ2v) is 2.33. The van der Waals surface area contributed by atoms with E-state index in [-0.39, 0.29) is 0 Å². The molecule has 0 saturated carbocycles.